The van der Waals surface area contributed by atoms with Crippen LogP contribution in [0.4, 0.5) is 0 Å². The van der Waals surface area contributed by atoms with Crippen molar-refractivity contribution in [2.75, 3.05) is 19.8 Å². The maximum atomic E-state index is 12.0. The molecule has 1 aliphatic heterocycles. The van der Waals surface area contributed by atoms with Crippen LogP contribution in [0.5, 0.6) is 0 Å². The average Bonchev–Trinajstić information content (AvgIpc) is 2.93. The Labute approximate surface area is 117 Å². The Morgan fingerprint density at radius 2 is 2.32 bits per heavy atom. The Hall–Kier alpha value is -0.910. The molecule has 1 fully saturated rings. The molecule has 2 rings (SSSR count). The maximum Gasteiger partial charge on any atom is 0.261 e. The summed E-state index contributed by atoms with van der Waals surface area (Å²) in [4.78, 5) is 12.8. The second-order valence-electron chi connectivity index (χ2n) is 4.86. The first-order valence-electron chi connectivity index (χ1n) is 6.82. The summed E-state index contributed by atoms with van der Waals surface area (Å²) >= 11 is 1.46. The zero-order valence-electron chi connectivity index (χ0n) is 11.2. The molecule has 1 aromatic rings. The van der Waals surface area contributed by atoms with Crippen LogP contribution in [0, 0.1) is 5.92 Å². The van der Waals surface area contributed by atoms with Crippen molar-refractivity contribution in [2.45, 2.75) is 32.3 Å². The van der Waals surface area contributed by atoms with E-state index >= 15 is 0 Å². The Balaban J connectivity index is 1.82. The van der Waals surface area contributed by atoms with E-state index in [1.54, 1.807) is 0 Å². The number of carbonyl (C=O) groups is 1. The molecule has 2 N–H and O–H groups in total. The molecule has 1 atom stereocenters. The third-order valence-corrected chi connectivity index (χ3v) is 4.57. The standard InChI is InChI=1S/C14H21NO3S/c1-2-10-5-8-19-13(10)14(17)15-9-12(16)11-3-6-18-7-4-11/h5,8,11-12,16H,2-4,6-7,9H2,1H3,(H,15,17)/t12-/m1/s1. The van der Waals surface area contributed by atoms with Crippen molar-refractivity contribution < 1.29 is 14.6 Å². The molecule has 0 radical (unpaired) electrons. The van der Waals surface area contributed by atoms with Crippen molar-refractivity contribution in [3.63, 3.8) is 0 Å². The van der Waals surface area contributed by atoms with Crippen LogP contribution in [0.3, 0.4) is 0 Å². The fourth-order valence-electron chi connectivity index (χ4n) is 2.36. The topological polar surface area (TPSA) is 58.6 Å². The van der Waals surface area contributed by atoms with Gasteiger partial charge in [-0.1, -0.05) is 6.92 Å². The molecule has 0 bridgehead atoms. The van der Waals surface area contributed by atoms with Crippen molar-refractivity contribution in [3.05, 3.63) is 21.9 Å². The van der Waals surface area contributed by atoms with Gasteiger partial charge in [-0.15, -0.1) is 11.3 Å². The molecule has 1 aromatic heterocycles. The van der Waals surface area contributed by atoms with Crippen LogP contribution in [0.25, 0.3) is 0 Å². The number of aliphatic hydroxyl groups excluding tert-OH is 1. The van der Waals surface area contributed by atoms with Crippen LogP contribution in [-0.2, 0) is 11.2 Å². The van der Waals surface area contributed by atoms with Gasteiger partial charge >= 0.3 is 0 Å². The summed E-state index contributed by atoms with van der Waals surface area (Å²) in [6.45, 7) is 3.78. The summed E-state index contributed by atoms with van der Waals surface area (Å²) in [5.41, 5.74) is 1.07. The Bertz CT molecular complexity index is 413. The van der Waals surface area contributed by atoms with E-state index in [-0.39, 0.29) is 11.8 Å². The van der Waals surface area contributed by atoms with Gasteiger partial charge in [0.15, 0.2) is 0 Å². The quantitative estimate of drug-likeness (QED) is 0.866. The predicted octanol–water partition coefficient (Wildman–Crippen LogP) is 1.83. The second kappa shape index (κ2) is 7.03. The highest BCUT2D eigenvalue weighted by Crippen LogP contribution is 2.19. The summed E-state index contributed by atoms with van der Waals surface area (Å²) in [5, 5.41) is 14.9. The van der Waals surface area contributed by atoms with Crippen LogP contribution in [0.15, 0.2) is 11.4 Å². The number of ether oxygens (including phenoxy) is 1. The lowest BCUT2D eigenvalue weighted by atomic mass is 9.94. The Morgan fingerprint density at radius 3 is 3.00 bits per heavy atom. The van der Waals surface area contributed by atoms with Crippen molar-refractivity contribution in [1.82, 2.24) is 5.32 Å². The first-order valence-corrected chi connectivity index (χ1v) is 7.70. The second-order valence-corrected chi connectivity index (χ2v) is 5.77. The molecule has 1 aliphatic rings. The zero-order chi connectivity index (χ0) is 13.7. The lowest BCUT2D eigenvalue weighted by Gasteiger charge is -2.26. The van der Waals surface area contributed by atoms with Crippen molar-refractivity contribution in [2.24, 2.45) is 5.92 Å². The Kier molecular flexibility index (Phi) is 5.36. The van der Waals surface area contributed by atoms with Crippen LogP contribution < -0.4 is 5.32 Å². The molecule has 106 valence electrons. The van der Waals surface area contributed by atoms with E-state index in [2.05, 4.69) is 5.32 Å². The zero-order valence-corrected chi connectivity index (χ0v) is 12.0. The molecule has 2 heterocycles. The van der Waals surface area contributed by atoms with Crippen LogP contribution in [-0.4, -0.2) is 36.9 Å². The summed E-state index contributed by atoms with van der Waals surface area (Å²) in [6, 6.07) is 1.98. The highest BCUT2D eigenvalue weighted by molar-refractivity contribution is 7.12. The minimum atomic E-state index is -0.474. The van der Waals surface area contributed by atoms with Crippen molar-refractivity contribution in [3.8, 4) is 0 Å². The minimum Gasteiger partial charge on any atom is -0.391 e. The number of carbonyl (C=O) groups excluding carboxylic acids is 1. The number of hydrogen-bond acceptors (Lipinski definition) is 4. The predicted molar refractivity (Wildman–Crippen MR) is 75.6 cm³/mol. The van der Waals surface area contributed by atoms with E-state index in [0.29, 0.717) is 19.8 Å². The van der Waals surface area contributed by atoms with Gasteiger partial charge in [0.05, 0.1) is 11.0 Å². The van der Waals surface area contributed by atoms with Gasteiger partial charge in [-0.3, -0.25) is 4.79 Å². The molecular formula is C14H21NO3S. The summed E-state index contributed by atoms with van der Waals surface area (Å²) in [5.74, 6) is 0.168. The molecule has 1 saturated heterocycles. The largest absolute Gasteiger partial charge is 0.391 e. The Morgan fingerprint density at radius 1 is 1.58 bits per heavy atom. The van der Waals surface area contributed by atoms with Gasteiger partial charge in [-0.25, -0.2) is 0 Å². The smallest absolute Gasteiger partial charge is 0.261 e. The monoisotopic (exact) mass is 283 g/mol. The third kappa shape index (κ3) is 3.78. The number of nitrogens with one attached hydrogen (secondary N) is 1. The van der Waals surface area contributed by atoms with Crippen LogP contribution in [0.1, 0.15) is 35.0 Å². The number of amides is 1. The number of hydrogen-bond donors (Lipinski definition) is 2. The van der Waals surface area contributed by atoms with Gasteiger partial charge in [0.1, 0.15) is 0 Å². The van der Waals surface area contributed by atoms with Gasteiger partial charge in [0, 0.05) is 19.8 Å². The minimum absolute atomic E-state index is 0.0713. The van der Waals surface area contributed by atoms with Gasteiger partial charge in [0.2, 0.25) is 0 Å². The lowest BCUT2D eigenvalue weighted by Crippen LogP contribution is -2.38. The molecule has 5 heteroatoms. The van der Waals surface area contributed by atoms with Gasteiger partial charge in [-0.05, 0) is 42.2 Å². The van der Waals surface area contributed by atoms with Gasteiger partial charge in [-0.2, -0.15) is 0 Å². The number of aliphatic hydroxyl groups is 1. The first-order chi connectivity index (χ1) is 9.22. The highest BCUT2D eigenvalue weighted by Gasteiger charge is 2.23. The van der Waals surface area contributed by atoms with E-state index in [1.165, 1.54) is 11.3 Å². The molecule has 0 spiro atoms. The fourth-order valence-corrected chi connectivity index (χ4v) is 3.27. The lowest BCUT2D eigenvalue weighted by molar-refractivity contribution is 0.00874. The molecule has 0 aliphatic carbocycles. The van der Waals surface area contributed by atoms with Gasteiger partial charge in [0.25, 0.3) is 5.91 Å². The van der Waals surface area contributed by atoms with E-state index in [9.17, 15) is 9.90 Å². The number of rotatable bonds is 5. The molecule has 1 amide bonds. The normalized spacial score (nSPS) is 18.2. The fraction of sp³-hybridized carbons (Fsp3) is 0.643. The molecule has 0 saturated carbocycles. The molecule has 0 unspecified atom stereocenters. The van der Waals surface area contributed by atoms with Crippen molar-refractivity contribution >= 4 is 17.2 Å². The van der Waals surface area contributed by atoms with E-state index < -0.39 is 6.10 Å². The first kappa shape index (κ1) is 14.5. The molecular weight excluding hydrogens is 262 g/mol. The molecule has 4 nitrogen and oxygen atoms in total. The van der Waals surface area contributed by atoms with E-state index in [0.717, 1.165) is 29.7 Å². The third-order valence-electron chi connectivity index (χ3n) is 3.62. The highest BCUT2D eigenvalue weighted by atomic mass is 32.1. The summed E-state index contributed by atoms with van der Waals surface area (Å²) < 4.78 is 5.27. The van der Waals surface area contributed by atoms with Crippen LogP contribution >= 0.6 is 11.3 Å². The van der Waals surface area contributed by atoms with Crippen molar-refractivity contribution in [1.29, 1.82) is 0 Å². The van der Waals surface area contributed by atoms with Gasteiger partial charge < -0.3 is 15.2 Å². The van der Waals surface area contributed by atoms with E-state index in [4.69, 9.17) is 4.74 Å². The molecule has 19 heavy (non-hydrogen) atoms. The number of thiophene rings is 1. The van der Waals surface area contributed by atoms with Crippen LogP contribution in [0.2, 0.25) is 0 Å². The maximum absolute atomic E-state index is 12.0. The van der Waals surface area contributed by atoms with E-state index in [1.807, 2.05) is 18.4 Å². The SMILES string of the molecule is CCc1ccsc1C(=O)NC[C@@H](O)C1CCOCC1. The average molecular weight is 283 g/mol. The number of aryl methyl sites for hydroxylation is 1. The summed E-state index contributed by atoms with van der Waals surface area (Å²) in [6.07, 6.45) is 2.12. The summed E-state index contributed by atoms with van der Waals surface area (Å²) in [7, 11) is 0. The molecule has 0 aromatic carbocycles.